The number of methoxy groups -OCH3 is 1. The number of likely N-dealkylation sites (tertiary alicyclic amines) is 1. The fraction of sp³-hybridized carbons (Fsp3) is 0.647. The van der Waals surface area contributed by atoms with Crippen molar-refractivity contribution in [3.05, 3.63) is 35.4 Å². The SMILES string of the molecule is COCc1cccc(C(CN)N2CCCC(C)(C)C2)c1. The first kappa shape index (κ1) is 15.5. The van der Waals surface area contributed by atoms with Gasteiger partial charge in [-0.05, 0) is 35.9 Å². The van der Waals surface area contributed by atoms with Crippen LogP contribution in [-0.2, 0) is 11.3 Å². The van der Waals surface area contributed by atoms with E-state index in [-0.39, 0.29) is 0 Å². The maximum absolute atomic E-state index is 6.08. The summed E-state index contributed by atoms with van der Waals surface area (Å²) in [6.07, 6.45) is 2.58. The van der Waals surface area contributed by atoms with Crippen LogP contribution in [0, 0.1) is 5.41 Å². The Balaban J connectivity index is 2.16. The largest absolute Gasteiger partial charge is 0.380 e. The molecule has 0 spiro atoms. The van der Waals surface area contributed by atoms with E-state index in [1.54, 1.807) is 7.11 Å². The molecular weight excluding hydrogens is 248 g/mol. The number of benzene rings is 1. The lowest BCUT2D eigenvalue weighted by atomic mass is 9.83. The minimum absolute atomic E-state index is 0.325. The fourth-order valence-electron chi connectivity index (χ4n) is 3.29. The highest BCUT2D eigenvalue weighted by molar-refractivity contribution is 5.26. The van der Waals surface area contributed by atoms with Gasteiger partial charge in [-0.3, -0.25) is 4.90 Å². The van der Waals surface area contributed by atoms with Gasteiger partial charge >= 0.3 is 0 Å². The van der Waals surface area contributed by atoms with Crippen molar-refractivity contribution in [1.82, 2.24) is 4.90 Å². The third-order valence-electron chi connectivity index (χ3n) is 4.24. The Bertz CT molecular complexity index is 431. The Hall–Kier alpha value is -0.900. The van der Waals surface area contributed by atoms with Gasteiger partial charge in [-0.1, -0.05) is 38.1 Å². The summed E-state index contributed by atoms with van der Waals surface area (Å²) in [7, 11) is 1.74. The number of nitrogens with zero attached hydrogens (tertiary/aromatic N) is 1. The summed E-state index contributed by atoms with van der Waals surface area (Å²) in [6.45, 7) is 8.33. The van der Waals surface area contributed by atoms with Gasteiger partial charge in [0.1, 0.15) is 0 Å². The van der Waals surface area contributed by atoms with Gasteiger partial charge in [0.15, 0.2) is 0 Å². The summed E-state index contributed by atoms with van der Waals surface area (Å²) in [6, 6.07) is 8.98. The maximum atomic E-state index is 6.08. The lowest BCUT2D eigenvalue weighted by Crippen LogP contribution is -2.44. The lowest BCUT2D eigenvalue weighted by molar-refractivity contribution is 0.0806. The van der Waals surface area contributed by atoms with Crippen LogP contribution in [0.1, 0.15) is 43.9 Å². The second-order valence-corrected chi connectivity index (χ2v) is 6.67. The van der Waals surface area contributed by atoms with Crippen molar-refractivity contribution < 1.29 is 4.74 Å². The van der Waals surface area contributed by atoms with E-state index in [4.69, 9.17) is 10.5 Å². The van der Waals surface area contributed by atoms with E-state index < -0.39 is 0 Å². The summed E-state index contributed by atoms with van der Waals surface area (Å²) in [4.78, 5) is 2.55. The summed E-state index contributed by atoms with van der Waals surface area (Å²) >= 11 is 0. The van der Waals surface area contributed by atoms with Gasteiger partial charge in [-0.2, -0.15) is 0 Å². The molecule has 112 valence electrons. The lowest BCUT2D eigenvalue weighted by Gasteiger charge is -2.42. The standard InChI is InChI=1S/C17H28N2O/c1-17(2)8-5-9-19(13-17)16(11-18)15-7-4-6-14(10-15)12-20-3/h4,6-7,10,16H,5,8-9,11-13,18H2,1-3H3. The molecule has 1 unspecified atom stereocenters. The second-order valence-electron chi connectivity index (χ2n) is 6.67. The Morgan fingerprint density at radius 2 is 2.20 bits per heavy atom. The van der Waals surface area contributed by atoms with Crippen LogP contribution >= 0.6 is 0 Å². The molecule has 1 atom stereocenters. The fourth-order valence-corrected chi connectivity index (χ4v) is 3.29. The van der Waals surface area contributed by atoms with Gasteiger partial charge in [-0.25, -0.2) is 0 Å². The minimum Gasteiger partial charge on any atom is -0.380 e. The molecule has 0 saturated carbocycles. The number of rotatable bonds is 5. The van der Waals surface area contributed by atoms with Crippen molar-refractivity contribution in [2.24, 2.45) is 11.1 Å². The van der Waals surface area contributed by atoms with Crippen molar-refractivity contribution in [1.29, 1.82) is 0 Å². The molecule has 1 aliphatic heterocycles. The maximum Gasteiger partial charge on any atom is 0.0713 e. The van der Waals surface area contributed by atoms with Gasteiger partial charge in [0.2, 0.25) is 0 Å². The molecule has 1 aliphatic rings. The van der Waals surface area contributed by atoms with Gasteiger partial charge in [-0.15, -0.1) is 0 Å². The van der Waals surface area contributed by atoms with Crippen molar-refractivity contribution in [2.45, 2.75) is 39.3 Å². The third-order valence-corrected chi connectivity index (χ3v) is 4.24. The molecule has 20 heavy (non-hydrogen) atoms. The third kappa shape index (κ3) is 3.81. The average molecular weight is 276 g/mol. The molecule has 3 heteroatoms. The molecule has 1 aromatic carbocycles. The number of hydrogen-bond acceptors (Lipinski definition) is 3. The quantitative estimate of drug-likeness (QED) is 0.898. The van der Waals surface area contributed by atoms with E-state index in [0.29, 0.717) is 24.6 Å². The van der Waals surface area contributed by atoms with Crippen LogP contribution in [0.25, 0.3) is 0 Å². The van der Waals surface area contributed by atoms with Crippen molar-refractivity contribution in [2.75, 3.05) is 26.7 Å². The zero-order chi connectivity index (χ0) is 14.6. The van der Waals surface area contributed by atoms with Crippen molar-refractivity contribution >= 4 is 0 Å². The van der Waals surface area contributed by atoms with Crippen LogP contribution in [0.15, 0.2) is 24.3 Å². The molecule has 3 nitrogen and oxygen atoms in total. The predicted octanol–water partition coefficient (Wildman–Crippen LogP) is 2.95. The van der Waals surface area contributed by atoms with Crippen molar-refractivity contribution in [3.63, 3.8) is 0 Å². The Morgan fingerprint density at radius 1 is 1.40 bits per heavy atom. The Morgan fingerprint density at radius 3 is 2.85 bits per heavy atom. The van der Waals surface area contributed by atoms with Crippen molar-refractivity contribution in [3.8, 4) is 0 Å². The zero-order valence-corrected chi connectivity index (χ0v) is 13.1. The molecule has 0 aliphatic carbocycles. The van der Waals surface area contributed by atoms with Crippen LogP contribution in [0.2, 0.25) is 0 Å². The van der Waals surface area contributed by atoms with Crippen LogP contribution in [-0.4, -0.2) is 31.6 Å². The minimum atomic E-state index is 0.325. The molecule has 1 aromatic rings. The van der Waals surface area contributed by atoms with Crippen LogP contribution < -0.4 is 5.73 Å². The molecule has 2 rings (SSSR count). The molecular formula is C17H28N2O. The van der Waals surface area contributed by atoms with E-state index in [1.165, 1.54) is 24.0 Å². The molecule has 1 heterocycles. The van der Waals surface area contributed by atoms with Crippen LogP contribution in [0.4, 0.5) is 0 Å². The summed E-state index contributed by atoms with van der Waals surface area (Å²) in [5, 5.41) is 0. The number of hydrogen-bond donors (Lipinski definition) is 1. The molecule has 2 N–H and O–H groups in total. The molecule has 0 bridgehead atoms. The van der Waals surface area contributed by atoms with E-state index in [1.807, 2.05) is 0 Å². The highest BCUT2D eigenvalue weighted by Crippen LogP contribution is 2.33. The molecule has 0 radical (unpaired) electrons. The second kappa shape index (κ2) is 6.70. The van der Waals surface area contributed by atoms with Gasteiger partial charge in [0, 0.05) is 26.2 Å². The van der Waals surface area contributed by atoms with Gasteiger partial charge in [0.25, 0.3) is 0 Å². The predicted molar refractivity (Wildman–Crippen MR) is 83.5 cm³/mol. The normalized spacial score (nSPS) is 20.8. The van der Waals surface area contributed by atoms with Gasteiger partial charge < -0.3 is 10.5 Å². The monoisotopic (exact) mass is 276 g/mol. The summed E-state index contributed by atoms with van der Waals surface area (Å²) in [5.41, 5.74) is 9.02. The molecule has 1 saturated heterocycles. The molecule has 0 amide bonds. The van der Waals surface area contributed by atoms with E-state index in [2.05, 4.69) is 43.0 Å². The topological polar surface area (TPSA) is 38.5 Å². The first-order valence-corrected chi connectivity index (χ1v) is 7.57. The number of nitrogens with two attached hydrogens (primary N) is 1. The first-order chi connectivity index (χ1) is 9.55. The highest BCUT2D eigenvalue weighted by atomic mass is 16.5. The van der Waals surface area contributed by atoms with E-state index >= 15 is 0 Å². The molecule has 0 aromatic heterocycles. The summed E-state index contributed by atoms with van der Waals surface area (Å²) in [5.74, 6) is 0. The Kier molecular flexibility index (Phi) is 5.19. The average Bonchev–Trinajstić information content (AvgIpc) is 2.39. The Labute approximate surface area is 123 Å². The highest BCUT2D eigenvalue weighted by Gasteiger charge is 2.30. The van der Waals surface area contributed by atoms with Crippen LogP contribution in [0.3, 0.4) is 0 Å². The first-order valence-electron chi connectivity index (χ1n) is 7.57. The number of piperidine rings is 1. The van der Waals surface area contributed by atoms with Gasteiger partial charge in [0.05, 0.1) is 6.61 Å². The van der Waals surface area contributed by atoms with E-state index in [0.717, 1.165) is 13.1 Å². The number of ether oxygens (including phenoxy) is 1. The zero-order valence-electron chi connectivity index (χ0n) is 13.1. The van der Waals surface area contributed by atoms with E-state index in [9.17, 15) is 0 Å². The van der Waals surface area contributed by atoms with Crippen LogP contribution in [0.5, 0.6) is 0 Å². The smallest absolute Gasteiger partial charge is 0.0713 e. The summed E-state index contributed by atoms with van der Waals surface area (Å²) < 4.78 is 5.23. The molecule has 1 fully saturated rings.